The summed E-state index contributed by atoms with van der Waals surface area (Å²) in [6, 6.07) is 6.24. The lowest BCUT2D eigenvalue weighted by Gasteiger charge is -2.15. The molecule has 0 amide bonds. The number of nitrogens with zero attached hydrogens (tertiary/aromatic N) is 2. The highest BCUT2D eigenvalue weighted by Crippen LogP contribution is 2.29. The number of hydrogen-bond donors (Lipinski definition) is 1. The summed E-state index contributed by atoms with van der Waals surface area (Å²) in [7, 11) is 1.67. The van der Waals surface area contributed by atoms with Crippen LogP contribution in [0.5, 0.6) is 5.75 Å². The zero-order chi connectivity index (χ0) is 14.0. The highest BCUT2D eigenvalue weighted by Gasteiger charge is 2.13. The predicted octanol–water partition coefficient (Wildman–Crippen LogP) is 3.77. The number of imidazole rings is 1. The van der Waals surface area contributed by atoms with Crippen LogP contribution in [0.25, 0.3) is 5.69 Å². The molecule has 1 heterocycles. The molecule has 1 aromatic heterocycles. The van der Waals surface area contributed by atoms with Gasteiger partial charge in [0.1, 0.15) is 5.75 Å². The molecule has 5 heteroatoms. The number of benzene rings is 1. The number of ether oxygens (including phenoxy) is 1. The summed E-state index contributed by atoms with van der Waals surface area (Å²) < 4.78 is 8.44. The predicted molar refractivity (Wildman–Crippen MR) is 81.3 cm³/mol. The van der Waals surface area contributed by atoms with Gasteiger partial charge in [-0.25, -0.2) is 4.98 Å². The number of rotatable bonds is 4. The van der Waals surface area contributed by atoms with Crippen LogP contribution in [-0.4, -0.2) is 22.7 Å². The molecule has 0 bridgehead atoms. The second kappa shape index (κ2) is 5.65. The first kappa shape index (κ1) is 13.9. The maximum absolute atomic E-state index is 5.43. The molecule has 0 saturated carbocycles. The van der Waals surface area contributed by atoms with Gasteiger partial charge in [0, 0.05) is 16.7 Å². The van der Waals surface area contributed by atoms with E-state index in [-0.39, 0.29) is 0 Å². The van der Waals surface area contributed by atoms with Gasteiger partial charge in [-0.3, -0.25) is 4.57 Å². The first-order valence-corrected chi connectivity index (χ1v) is 6.97. The fraction of sp³-hybridized carbons (Fsp3) is 0.357. The van der Waals surface area contributed by atoms with Crippen molar-refractivity contribution in [3.05, 3.63) is 34.6 Å². The van der Waals surface area contributed by atoms with Crippen LogP contribution in [0.15, 0.2) is 28.9 Å². The van der Waals surface area contributed by atoms with Crippen LogP contribution in [0.4, 0.5) is 5.95 Å². The van der Waals surface area contributed by atoms with E-state index in [1.807, 2.05) is 35.9 Å². The van der Waals surface area contributed by atoms with E-state index in [4.69, 9.17) is 4.74 Å². The number of aromatic nitrogens is 2. The van der Waals surface area contributed by atoms with Gasteiger partial charge in [0.2, 0.25) is 5.95 Å². The summed E-state index contributed by atoms with van der Waals surface area (Å²) in [5.74, 6) is 1.64. The quantitative estimate of drug-likeness (QED) is 0.930. The second-order valence-electron chi connectivity index (χ2n) is 4.69. The third-order valence-electron chi connectivity index (χ3n) is 2.64. The Hall–Kier alpha value is -1.49. The van der Waals surface area contributed by atoms with Crippen LogP contribution in [0.1, 0.15) is 19.5 Å². The Bertz CT molecular complexity index is 578. The fourth-order valence-electron chi connectivity index (χ4n) is 1.89. The Morgan fingerprint density at radius 1 is 1.37 bits per heavy atom. The molecule has 19 heavy (non-hydrogen) atoms. The lowest BCUT2D eigenvalue weighted by atomic mass is 10.3. The number of methoxy groups -OCH3 is 1. The smallest absolute Gasteiger partial charge is 0.208 e. The van der Waals surface area contributed by atoms with Crippen molar-refractivity contribution < 1.29 is 4.74 Å². The summed E-state index contributed by atoms with van der Waals surface area (Å²) in [6.07, 6.45) is 2.00. The van der Waals surface area contributed by atoms with Crippen molar-refractivity contribution in [2.45, 2.75) is 26.8 Å². The Morgan fingerprint density at radius 3 is 2.74 bits per heavy atom. The van der Waals surface area contributed by atoms with Crippen molar-refractivity contribution in [2.24, 2.45) is 0 Å². The molecule has 102 valence electrons. The van der Waals surface area contributed by atoms with Crippen LogP contribution >= 0.6 is 15.9 Å². The average molecular weight is 324 g/mol. The molecule has 2 rings (SSSR count). The molecule has 1 aromatic carbocycles. The Balaban J connectivity index is 2.54. The average Bonchev–Trinajstić information content (AvgIpc) is 2.69. The van der Waals surface area contributed by atoms with Crippen LogP contribution in [0.2, 0.25) is 0 Å². The third kappa shape index (κ3) is 3.10. The lowest BCUT2D eigenvalue weighted by molar-refractivity contribution is 0.413. The van der Waals surface area contributed by atoms with Crippen LogP contribution in [0, 0.1) is 6.92 Å². The van der Waals surface area contributed by atoms with Crippen molar-refractivity contribution in [2.75, 3.05) is 12.4 Å². The van der Waals surface area contributed by atoms with Crippen LogP contribution in [-0.2, 0) is 0 Å². The third-order valence-corrected chi connectivity index (χ3v) is 3.14. The molecule has 0 atom stereocenters. The van der Waals surface area contributed by atoms with Crippen molar-refractivity contribution >= 4 is 21.9 Å². The summed E-state index contributed by atoms with van der Waals surface area (Å²) in [4.78, 5) is 4.51. The standard InChI is InChI=1S/C14H18BrN3O/c1-9(2)16-14-17-10(3)8-18(14)12-7-11(15)5-6-13(12)19-4/h5-9H,1-4H3,(H,16,17). The number of hydrogen-bond acceptors (Lipinski definition) is 3. The molecule has 4 nitrogen and oxygen atoms in total. The Kier molecular flexibility index (Phi) is 4.14. The van der Waals surface area contributed by atoms with Gasteiger partial charge in [-0.2, -0.15) is 0 Å². The van der Waals surface area contributed by atoms with Gasteiger partial charge in [0.05, 0.1) is 18.5 Å². The number of aryl methyl sites for hydroxylation is 1. The highest BCUT2D eigenvalue weighted by atomic mass is 79.9. The van der Waals surface area contributed by atoms with Crippen molar-refractivity contribution in [3.63, 3.8) is 0 Å². The minimum Gasteiger partial charge on any atom is -0.495 e. The minimum atomic E-state index is 0.318. The van der Waals surface area contributed by atoms with Crippen LogP contribution < -0.4 is 10.1 Å². The lowest BCUT2D eigenvalue weighted by Crippen LogP contribution is -2.14. The van der Waals surface area contributed by atoms with E-state index in [9.17, 15) is 0 Å². The summed E-state index contributed by atoms with van der Waals surface area (Å²) in [5.41, 5.74) is 1.92. The van der Waals surface area contributed by atoms with Gasteiger partial charge in [-0.1, -0.05) is 15.9 Å². The first-order valence-electron chi connectivity index (χ1n) is 6.17. The van der Waals surface area contributed by atoms with E-state index in [1.165, 1.54) is 0 Å². The largest absolute Gasteiger partial charge is 0.495 e. The molecule has 0 aliphatic heterocycles. The molecular weight excluding hydrogens is 306 g/mol. The molecule has 2 aromatic rings. The molecule has 0 spiro atoms. The summed E-state index contributed by atoms with van der Waals surface area (Å²) in [5, 5.41) is 3.34. The maximum atomic E-state index is 5.43. The number of anilines is 1. The van der Waals surface area contributed by atoms with E-state index in [0.29, 0.717) is 6.04 Å². The van der Waals surface area contributed by atoms with Gasteiger partial charge in [0.15, 0.2) is 0 Å². The molecule has 0 radical (unpaired) electrons. The monoisotopic (exact) mass is 323 g/mol. The Labute approximate surface area is 121 Å². The molecule has 0 fully saturated rings. The maximum Gasteiger partial charge on any atom is 0.208 e. The van der Waals surface area contributed by atoms with Gasteiger partial charge < -0.3 is 10.1 Å². The first-order chi connectivity index (χ1) is 9.01. The molecule has 0 unspecified atom stereocenters. The topological polar surface area (TPSA) is 39.1 Å². The number of halogens is 1. The second-order valence-corrected chi connectivity index (χ2v) is 5.61. The fourth-order valence-corrected chi connectivity index (χ4v) is 2.24. The van der Waals surface area contributed by atoms with Gasteiger partial charge in [-0.15, -0.1) is 0 Å². The summed E-state index contributed by atoms with van der Waals surface area (Å²) in [6.45, 7) is 6.16. The molecule has 0 aliphatic rings. The van der Waals surface area contributed by atoms with Crippen LogP contribution in [0.3, 0.4) is 0 Å². The van der Waals surface area contributed by atoms with Crippen molar-refractivity contribution in [1.29, 1.82) is 0 Å². The molecular formula is C14H18BrN3O. The van der Waals surface area contributed by atoms with E-state index >= 15 is 0 Å². The summed E-state index contributed by atoms with van der Waals surface area (Å²) >= 11 is 3.50. The SMILES string of the molecule is COc1ccc(Br)cc1-n1cc(C)nc1NC(C)C. The molecule has 1 N–H and O–H groups in total. The molecule has 0 aliphatic carbocycles. The Morgan fingerprint density at radius 2 is 2.11 bits per heavy atom. The zero-order valence-electron chi connectivity index (χ0n) is 11.6. The number of nitrogens with one attached hydrogen (secondary N) is 1. The van der Waals surface area contributed by atoms with Gasteiger partial charge >= 0.3 is 0 Å². The van der Waals surface area contributed by atoms with E-state index < -0.39 is 0 Å². The molecule has 0 saturated heterocycles. The van der Waals surface area contributed by atoms with E-state index in [0.717, 1.165) is 27.6 Å². The normalized spacial score (nSPS) is 10.8. The van der Waals surface area contributed by atoms with E-state index in [1.54, 1.807) is 7.11 Å². The zero-order valence-corrected chi connectivity index (χ0v) is 13.2. The van der Waals surface area contributed by atoms with Crippen molar-refractivity contribution in [1.82, 2.24) is 9.55 Å². The van der Waals surface area contributed by atoms with Gasteiger partial charge in [-0.05, 0) is 39.0 Å². The van der Waals surface area contributed by atoms with Gasteiger partial charge in [0.25, 0.3) is 0 Å². The van der Waals surface area contributed by atoms with E-state index in [2.05, 4.69) is 40.1 Å². The highest BCUT2D eigenvalue weighted by molar-refractivity contribution is 9.10. The van der Waals surface area contributed by atoms with Crippen molar-refractivity contribution in [3.8, 4) is 11.4 Å². The minimum absolute atomic E-state index is 0.318.